The fraction of sp³-hybridized carbons (Fsp3) is 0.0769. The Hall–Kier alpha value is -2.52. The first-order chi connectivity index (χ1) is 7.80. The van der Waals surface area contributed by atoms with Gasteiger partial charge < -0.3 is 4.74 Å². The van der Waals surface area contributed by atoms with Gasteiger partial charge >= 0.3 is 0 Å². The summed E-state index contributed by atoms with van der Waals surface area (Å²) in [5, 5.41) is 17.0. The van der Waals surface area contributed by atoms with Crippen molar-refractivity contribution in [1.82, 2.24) is 0 Å². The molecular formula is C13H10N2O. The van der Waals surface area contributed by atoms with Crippen molar-refractivity contribution < 1.29 is 4.74 Å². The first-order valence-corrected chi connectivity index (χ1v) is 4.62. The lowest BCUT2D eigenvalue weighted by Crippen LogP contribution is -1.81. The maximum absolute atomic E-state index is 8.50. The Kier molecular flexibility index (Phi) is 4.37. The zero-order chi connectivity index (χ0) is 11.8. The van der Waals surface area contributed by atoms with Crippen molar-refractivity contribution in [2.45, 2.75) is 0 Å². The quantitative estimate of drug-likeness (QED) is 0.569. The van der Waals surface area contributed by atoms with Gasteiger partial charge in [0.25, 0.3) is 0 Å². The summed E-state index contributed by atoms with van der Waals surface area (Å²) in [5.74, 6) is 0.794. The smallest absolute Gasteiger partial charge is 0.129 e. The van der Waals surface area contributed by atoms with Gasteiger partial charge in [-0.2, -0.15) is 10.5 Å². The molecule has 0 amide bonds. The molecule has 78 valence electrons. The van der Waals surface area contributed by atoms with E-state index in [1.807, 2.05) is 30.3 Å². The Labute approximate surface area is 94.5 Å². The van der Waals surface area contributed by atoms with E-state index in [9.17, 15) is 0 Å². The first-order valence-electron chi connectivity index (χ1n) is 4.62. The molecule has 0 unspecified atom stereocenters. The molecule has 0 aromatic heterocycles. The van der Waals surface area contributed by atoms with Gasteiger partial charge in [-0.25, -0.2) is 0 Å². The Morgan fingerprint density at radius 1 is 1.19 bits per heavy atom. The third-order valence-electron chi connectivity index (χ3n) is 1.91. The van der Waals surface area contributed by atoms with E-state index in [4.69, 9.17) is 15.3 Å². The van der Waals surface area contributed by atoms with Crippen LogP contribution in [-0.4, -0.2) is 7.11 Å². The van der Waals surface area contributed by atoms with E-state index in [0.717, 1.165) is 11.3 Å². The molecular weight excluding hydrogens is 200 g/mol. The average molecular weight is 210 g/mol. The second-order valence-corrected chi connectivity index (χ2v) is 2.94. The van der Waals surface area contributed by atoms with Crippen LogP contribution in [0.5, 0.6) is 5.75 Å². The summed E-state index contributed by atoms with van der Waals surface area (Å²) >= 11 is 0. The molecule has 0 atom stereocenters. The number of ether oxygens (including phenoxy) is 1. The molecule has 1 aromatic carbocycles. The number of hydrogen-bond acceptors (Lipinski definition) is 3. The number of nitriles is 2. The molecule has 0 bridgehead atoms. The van der Waals surface area contributed by atoms with Gasteiger partial charge in [-0.1, -0.05) is 24.3 Å². The van der Waals surface area contributed by atoms with Gasteiger partial charge in [-0.05, 0) is 23.8 Å². The predicted molar refractivity (Wildman–Crippen MR) is 61.3 cm³/mol. The summed E-state index contributed by atoms with van der Waals surface area (Å²) in [6.45, 7) is 0. The highest BCUT2D eigenvalue weighted by molar-refractivity contribution is 5.54. The third kappa shape index (κ3) is 3.32. The normalized spacial score (nSPS) is 9.19. The van der Waals surface area contributed by atoms with Crippen LogP contribution in [0, 0.1) is 22.7 Å². The number of allylic oxidation sites excluding steroid dienone is 3. The van der Waals surface area contributed by atoms with Crippen molar-refractivity contribution >= 4 is 6.08 Å². The molecule has 0 heterocycles. The molecule has 0 aliphatic carbocycles. The van der Waals surface area contributed by atoms with E-state index < -0.39 is 0 Å². The van der Waals surface area contributed by atoms with Crippen molar-refractivity contribution in [3.63, 3.8) is 0 Å². The molecule has 0 radical (unpaired) electrons. The summed E-state index contributed by atoms with van der Waals surface area (Å²) < 4.78 is 5.02. The minimum atomic E-state index is 0.0877. The highest BCUT2D eigenvalue weighted by Crippen LogP contribution is 2.12. The highest BCUT2D eigenvalue weighted by atomic mass is 16.5. The summed E-state index contributed by atoms with van der Waals surface area (Å²) in [5.41, 5.74) is 1.07. The van der Waals surface area contributed by atoms with E-state index in [1.54, 1.807) is 25.3 Å². The van der Waals surface area contributed by atoms with Gasteiger partial charge in [-0.15, -0.1) is 0 Å². The SMILES string of the molecule is COc1ccc(/C=C\C=C(C#N)C#N)cc1. The van der Waals surface area contributed by atoms with E-state index in [0.29, 0.717) is 0 Å². The molecule has 0 saturated heterocycles. The van der Waals surface area contributed by atoms with Crippen molar-refractivity contribution in [2.75, 3.05) is 7.11 Å². The molecule has 0 aliphatic heterocycles. The first kappa shape index (κ1) is 11.6. The van der Waals surface area contributed by atoms with Crippen LogP contribution in [0.25, 0.3) is 6.08 Å². The maximum Gasteiger partial charge on any atom is 0.129 e. The Balaban J connectivity index is 2.75. The fourth-order valence-corrected chi connectivity index (χ4v) is 1.07. The third-order valence-corrected chi connectivity index (χ3v) is 1.91. The van der Waals surface area contributed by atoms with E-state index in [1.165, 1.54) is 6.08 Å². The largest absolute Gasteiger partial charge is 0.497 e. The second kappa shape index (κ2) is 6.06. The van der Waals surface area contributed by atoms with Crippen LogP contribution in [0.4, 0.5) is 0 Å². The Morgan fingerprint density at radius 2 is 1.81 bits per heavy atom. The van der Waals surface area contributed by atoms with Gasteiger partial charge in [0, 0.05) is 0 Å². The molecule has 0 fully saturated rings. The van der Waals surface area contributed by atoms with Gasteiger partial charge in [0.1, 0.15) is 23.5 Å². The highest BCUT2D eigenvalue weighted by Gasteiger charge is 1.90. The number of nitrogens with zero attached hydrogens (tertiary/aromatic N) is 2. The summed E-state index contributed by atoms with van der Waals surface area (Å²) in [6.07, 6.45) is 4.96. The standard InChI is InChI=1S/C13H10N2O/c1-16-13-7-5-11(6-8-13)3-2-4-12(9-14)10-15/h2-8H,1H3/b3-2-. The molecule has 0 N–H and O–H groups in total. The van der Waals surface area contributed by atoms with Gasteiger partial charge in [0.15, 0.2) is 0 Å². The maximum atomic E-state index is 8.50. The molecule has 0 saturated carbocycles. The number of methoxy groups -OCH3 is 1. The molecule has 1 rings (SSSR count). The van der Waals surface area contributed by atoms with Crippen LogP contribution < -0.4 is 4.74 Å². The van der Waals surface area contributed by atoms with Crippen LogP contribution in [-0.2, 0) is 0 Å². The monoisotopic (exact) mass is 210 g/mol. The number of rotatable bonds is 3. The molecule has 3 heteroatoms. The number of hydrogen-bond donors (Lipinski definition) is 0. The fourth-order valence-electron chi connectivity index (χ4n) is 1.07. The lowest BCUT2D eigenvalue weighted by atomic mass is 10.2. The summed E-state index contributed by atoms with van der Waals surface area (Å²) in [4.78, 5) is 0. The van der Waals surface area contributed by atoms with Crippen molar-refractivity contribution in [3.05, 3.63) is 47.6 Å². The van der Waals surface area contributed by atoms with E-state index >= 15 is 0 Å². The average Bonchev–Trinajstić information content (AvgIpc) is 2.35. The zero-order valence-corrected chi connectivity index (χ0v) is 8.84. The van der Waals surface area contributed by atoms with Crippen molar-refractivity contribution in [1.29, 1.82) is 10.5 Å². The molecule has 1 aromatic rings. The molecule has 3 nitrogen and oxygen atoms in total. The zero-order valence-electron chi connectivity index (χ0n) is 8.84. The van der Waals surface area contributed by atoms with Crippen LogP contribution in [0.3, 0.4) is 0 Å². The summed E-state index contributed by atoms with van der Waals surface area (Å²) in [7, 11) is 1.61. The Bertz CT molecular complexity index is 468. The van der Waals surface area contributed by atoms with Crippen LogP contribution in [0.1, 0.15) is 5.56 Å². The predicted octanol–water partition coefficient (Wildman–Crippen LogP) is 2.68. The molecule has 0 spiro atoms. The lowest BCUT2D eigenvalue weighted by molar-refractivity contribution is 0.415. The molecule has 16 heavy (non-hydrogen) atoms. The van der Waals surface area contributed by atoms with Gasteiger partial charge in [-0.3, -0.25) is 0 Å². The van der Waals surface area contributed by atoms with Crippen molar-refractivity contribution in [3.8, 4) is 17.9 Å². The van der Waals surface area contributed by atoms with Crippen molar-refractivity contribution in [2.24, 2.45) is 0 Å². The van der Waals surface area contributed by atoms with Crippen LogP contribution in [0.2, 0.25) is 0 Å². The van der Waals surface area contributed by atoms with Crippen LogP contribution >= 0.6 is 0 Å². The Morgan fingerprint density at radius 3 is 2.31 bits per heavy atom. The minimum Gasteiger partial charge on any atom is -0.497 e. The van der Waals surface area contributed by atoms with E-state index in [2.05, 4.69) is 0 Å². The molecule has 0 aliphatic rings. The number of benzene rings is 1. The summed E-state index contributed by atoms with van der Waals surface area (Å²) in [6, 6.07) is 11.0. The van der Waals surface area contributed by atoms with Gasteiger partial charge in [0.05, 0.1) is 7.11 Å². The topological polar surface area (TPSA) is 56.8 Å². The second-order valence-electron chi connectivity index (χ2n) is 2.94. The minimum absolute atomic E-state index is 0.0877. The van der Waals surface area contributed by atoms with Gasteiger partial charge in [0.2, 0.25) is 0 Å². The van der Waals surface area contributed by atoms with E-state index in [-0.39, 0.29) is 5.57 Å². The lowest BCUT2D eigenvalue weighted by Gasteiger charge is -1.98. The van der Waals surface area contributed by atoms with Crippen LogP contribution in [0.15, 0.2) is 42.0 Å².